The lowest BCUT2D eigenvalue weighted by Gasteiger charge is -2.14. The molecule has 0 saturated heterocycles. The zero-order valence-corrected chi connectivity index (χ0v) is 13.2. The van der Waals surface area contributed by atoms with E-state index >= 15 is 0 Å². The smallest absolute Gasteiger partial charge is 0.227 e. The highest BCUT2D eigenvalue weighted by molar-refractivity contribution is 6.42. The monoisotopic (exact) mass is 313 g/mol. The van der Waals surface area contributed by atoms with Crippen molar-refractivity contribution in [1.82, 2.24) is 5.32 Å². The van der Waals surface area contributed by atoms with E-state index in [1.807, 2.05) is 31.8 Å². The normalized spacial score (nSPS) is 18.4. The predicted octanol–water partition coefficient (Wildman–Crippen LogP) is 3.54. The van der Waals surface area contributed by atoms with Gasteiger partial charge in [0.25, 0.3) is 0 Å². The Morgan fingerprint density at radius 1 is 1.40 bits per heavy atom. The Morgan fingerprint density at radius 2 is 2.10 bits per heavy atom. The average Bonchev–Trinajstić information content (AvgIpc) is 2.74. The molecule has 1 aliphatic rings. The van der Waals surface area contributed by atoms with E-state index in [0.717, 1.165) is 5.69 Å². The van der Waals surface area contributed by atoms with Crippen molar-refractivity contribution in [2.75, 3.05) is 11.6 Å². The molecule has 4 nitrogen and oxygen atoms in total. The van der Waals surface area contributed by atoms with E-state index in [1.165, 1.54) is 0 Å². The second-order valence-electron chi connectivity index (χ2n) is 5.21. The number of nitrogens with one attached hydrogen (secondary N) is 1. The average molecular weight is 314 g/mol. The Morgan fingerprint density at radius 3 is 2.70 bits per heavy atom. The van der Waals surface area contributed by atoms with Crippen LogP contribution in [0.15, 0.2) is 23.3 Å². The summed E-state index contributed by atoms with van der Waals surface area (Å²) in [6.45, 7) is 6.43. The van der Waals surface area contributed by atoms with Gasteiger partial charge in [-0.15, -0.1) is 0 Å². The number of hydrogen-bond acceptors (Lipinski definition) is 3. The minimum atomic E-state index is -0.0658. The Labute approximate surface area is 128 Å². The van der Waals surface area contributed by atoms with Crippen LogP contribution in [0.4, 0.5) is 5.69 Å². The van der Waals surface area contributed by atoms with Crippen molar-refractivity contribution in [2.45, 2.75) is 20.8 Å². The molecule has 0 aliphatic carbocycles. The number of amides is 1. The molecule has 0 fully saturated rings. The van der Waals surface area contributed by atoms with Crippen LogP contribution in [0.2, 0.25) is 10.0 Å². The molecule has 1 atom stereocenters. The van der Waals surface area contributed by atoms with E-state index in [2.05, 4.69) is 10.4 Å². The third-order valence-electron chi connectivity index (χ3n) is 3.12. The molecule has 2 rings (SSSR count). The molecule has 1 N–H and O–H groups in total. The van der Waals surface area contributed by atoms with E-state index in [0.29, 0.717) is 22.4 Å². The molecule has 0 spiro atoms. The van der Waals surface area contributed by atoms with Gasteiger partial charge in [-0.1, -0.05) is 44.0 Å². The van der Waals surface area contributed by atoms with Gasteiger partial charge in [0, 0.05) is 11.8 Å². The highest BCUT2D eigenvalue weighted by Crippen LogP contribution is 2.29. The van der Waals surface area contributed by atoms with E-state index < -0.39 is 0 Å². The van der Waals surface area contributed by atoms with E-state index in [9.17, 15) is 4.79 Å². The molecule has 0 saturated carbocycles. The standard InChI is InChI=1S/C14H17Cl2N3O/c1-8(2)14(20)17-13-9(3)7-19(18-13)10-4-5-11(15)12(16)6-10/h4-6,8-9H,7H2,1-3H3,(H,17,18,20)/t9-/m0/s1. The van der Waals surface area contributed by atoms with Crippen molar-refractivity contribution in [3.63, 3.8) is 0 Å². The molecule has 1 aromatic rings. The third-order valence-corrected chi connectivity index (χ3v) is 3.86. The highest BCUT2D eigenvalue weighted by Gasteiger charge is 2.26. The summed E-state index contributed by atoms with van der Waals surface area (Å²) >= 11 is 11.9. The summed E-state index contributed by atoms with van der Waals surface area (Å²) in [6.07, 6.45) is 0. The van der Waals surface area contributed by atoms with Crippen molar-refractivity contribution >= 4 is 40.6 Å². The van der Waals surface area contributed by atoms with Gasteiger partial charge in [-0.05, 0) is 18.2 Å². The second-order valence-corrected chi connectivity index (χ2v) is 6.03. The van der Waals surface area contributed by atoms with Crippen molar-refractivity contribution < 1.29 is 4.79 Å². The lowest BCUT2D eigenvalue weighted by molar-refractivity contribution is -0.122. The Hall–Kier alpha value is -1.26. The summed E-state index contributed by atoms with van der Waals surface area (Å²) in [6, 6.07) is 5.37. The van der Waals surface area contributed by atoms with Gasteiger partial charge in [-0.25, -0.2) is 0 Å². The number of hydrazone groups is 1. The quantitative estimate of drug-likeness (QED) is 0.907. The number of carbonyl (C=O) groups excluding carboxylic acids is 1. The molecule has 0 unspecified atom stereocenters. The van der Waals surface area contributed by atoms with Gasteiger partial charge in [0.15, 0.2) is 0 Å². The van der Waals surface area contributed by atoms with Crippen molar-refractivity contribution in [2.24, 2.45) is 16.9 Å². The first-order chi connectivity index (χ1) is 9.38. The Bertz CT molecular complexity index is 557. The lowest BCUT2D eigenvalue weighted by Crippen LogP contribution is -2.36. The summed E-state index contributed by atoms with van der Waals surface area (Å²) in [7, 11) is 0. The maximum atomic E-state index is 11.7. The second kappa shape index (κ2) is 6.02. The zero-order valence-electron chi connectivity index (χ0n) is 11.7. The number of amidine groups is 1. The highest BCUT2D eigenvalue weighted by atomic mass is 35.5. The van der Waals surface area contributed by atoms with Gasteiger partial charge < -0.3 is 5.32 Å². The summed E-state index contributed by atoms with van der Waals surface area (Å²) < 4.78 is 0. The minimum Gasteiger partial charge on any atom is -0.312 e. The SMILES string of the molecule is CC(C)C(=O)NC1=NN(c2ccc(Cl)c(Cl)c2)C[C@@H]1C. The number of nitrogens with zero attached hydrogens (tertiary/aromatic N) is 2. The van der Waals surface area contributed by atoms with E-state index in [4.69, 9.17) is 23.2 Å². The van der Waals surface area contributed by atoms with Crippen LogP contribution < -0.4 is 10.3 Å². The topological polar surface area (TPSA) is 44.7 Å². The van der Waals surface area contributed by atoms with Gasteiger partial charge in [0.1, 0.15) is 5.84 Å². The zero-order chi connectivity index (χ0) is 14.9. The molecule has 20 heavy (non-hydrogen) atoms. The minimum absolute atomic E-state index is 0.0217. The van der Waals surface area contributed by atoms with Gasteiger partial charge >= 0.3 is 0 Å². The summed E-state index contributed by atoms with van der Waals surface area (Å²) in [5.74, 6) is 0.762. The Kier molecular flexibility index (Phi) is 4.55. The number of anilines is 1. The molecule has 1 heterocycles. The number of carbonyl (C=O) groups is 1. The molecule has 1 aliphatic heterocycles. The molecule has 1 aromatic carbocycles. The molecule has 6 heteroatoms. The van der Waals surface area contributed by atoms with E-state index in [-0.39, 0.29) is 17.7 Å². The summed E-state index contributed by atoms with van der Waals surface area (Å²) in [5.41, 5.74) is 0.861. The van der Waals surface area contributed by atoms with Crippen LogP contribution in [0, 0.1) is 11.8 Å². The number of rotatable bonds is 2. The van der Waals surface area contributed by atoms with Crippen molar-refractivity contribution in [1.29, 1.82) is 0 Å². The first-order valence-corrected chi connectivity index (χ1v) is 7.26. The molecular weight excluding hydrogens is 297 g/mol. The van der Waals surface area contributed by atoms with Crippen LogP contribution in [0.3, 0.4) is 0 Å². The molecule has 0 bridgehead atoms. The van der Waals surface area contributed by atoms with Crippen LogP contribution in [0.1, 0.15) is 20.8 Å². The maximum absolute atomic E-state index is 11.7. The van der Waals surface area contributed by atoms with Crippen LogP contribution in [-0.4, -0.2) is 18.3 Å². The fourth-order valence-electron chi connectivity index (χ4n) is 1.84. The largest absolute Gasteiger partial charge is 0.312 e. The maximum Gasteiger partial charge on any atom is 0.227 e. The molecular formula is C14H17Cl2N3O. The third kappa shape index (κ3) is 3.25. The fourth-order valence-corrected chi connectivity index (χ4v) is 2.14. The lowest BCUT2D eigenvalue weighted by atomic mass is 10.1. The number of benzene rings is 1. The molecule has 108 valence electrons. The van der Waals surface area contributed by atoms with Gasteiger partial charge in [0.2, 0.25) is 5.91 Å². The first-order valence-electron chi connectivity index (χ1n) is 6.50. The molecule has 1 amide bonds. The van der Waals surface area contributed by atoms with Crippen molar-refractivity contribution in [3.05, 3.63) is 28.2 Å². The van der Waals surface area contributed by atoms with Gasteiger partial charge in [0.05, 0.1) is 22.3 Å². The predicted molar refractivity (Wildman–Crippen MR) is 83.4 cm³/mol. The summed E-state index contributed by atoms with van der Waals surface area (Å²) in [4.78, 5) is 11.7. The number of halogens is 2. The van der Waals surface area contributed by atoms with Crippen LogP contribution in [-0.2, 0) is 4.79 Å². The molecule has 0 aromatic heterocycles. The fraction of sp³-hybridized carbons (Fsp3) is 0.429. The number of hydrogen-bond donors (Lipinski definition) is 1. The van der Waals surface area contributed by atoms with Crippen LogP contribution in [0.25, 0.3) is 0 Å². The van der Waals surface area contributed by atoms with E-state index in [1.54, 1.807) is 12.1 Å². The Balaban J connectivity index is 2.17. The van der Waals surface area contributed by atoms with Gasteiger partial charge in [-0.2, -0.15) is 5.10 Å². The molecule has 0 radical (unpaired) electrons. The first kappa shape index (κ1) is 15.1. The van der Waals surface area contributed by atoms with Crippen LogP contribution >= 0.6 is 23.2 Å². The van der Waals surface area contributed by atoms with Crippen molar-refractivity contribution in [3.8, 4) is 0 Å². The summed E-state index contributed by atoms with van der Waals surface area (Å²) in [5, 5.41) is 10.1. The van der Waals surface area contributed by atoms with Gasteiger partial charge in [-0.3, -0.25) is 9.80 Å². The van der Waals surface area contributed by atoms with Crippen LogP contribution in [0.5, 0.6) is 0 Å².